The highest BCUT2D eigenvalue weighted by Crippen LogP contribution is 2.25. The Morgan fingerprint density at radius 2 is 2.38 bits per heavy atom. The average Bonchev–Trinajstić information content (AvgIpc) is 2.09. The normalized spacial score (nSPS) is 12.6. The SMILES string of the molecule is CC[C@H](C)Oc1ncc(Br)cc1Cl. The molecule has 72 valence electrons. The Kier molecular flexibility index (Phi) is 4.00. The van der Waals surface area contributed by atoms with Crippen LogP contribution in [-0.2, 0) is 0 Å². The molecule has 0 aliphatic rings. The molecule has 2 nitrogen and oxygen atoms in total. The number of ether oxygens (including phenoxy) is 1. The lowest BCUT2D eigenvalue weighted by Crippen LogP contribution is -2.10. The molecular formula is C9H11BrClNO. The van der Waals surface area contributed by atoms with E-state index in [0.29, 0.717) is 10.9 Å². The molecule has 0 radical (unpaired) electrons. The van der Waals surface area contributed by atoms with Gasteiger partial charge in [0.2, 0.25) is 5.88 Å². The largest absolute Gasteiger partial charge is 0.474 e. The third-order valence-corrected chi connectivity index (χ3v) is 2.37. The fourth-order valence-electron chi connectivity index (χ4n) is 0.763. The van der Waals surface area contributed by atoms with Crippen molar-refractivity contribution in [2.45, 2.75) is 26.4 Å². The molecule has 0 N–H and O–H groups in total. The van der Waals surface area contributed by atoms with E-state index >= 15 is 0 Å². The van der Waals surface area contributed by atoms with Crippen LogP contribution in [0.4, 0.5) is 0 Å². The maximum absolute atomic E-state index is 5.91. The van der Waals surface area contributed by atoms with Gasteiger partial charge < -0.3 is 4.74 Å². The lowest BCUT2D eigenvalue weighted by atomic mass is 10.3. The minimum absolute atomic E-state index is 0.145. The van der Waals surface area contributed by atoms with Crippen LogP contribution in [0, 0.1) is 0 Å². The van der Waals surface area contributed by atoms with Crippen molar-refractivity contribution in [1.82, 2.24) is 4.98 Å². The number of hydrogen-bond donors (Lipinski definition) is 0. The second-order valence-corrected chi connectivity index (χ2v) is 4.10. The smallest absolute Gasteiger partial charge is 0.232 e. The van der Waals surface area contributed by atoms with E-state index in [1.54, 1.807) is 12.3 Å². The molecule has 0 saturated heterocycles. The molecule has 0 aliphatic carbocycles. The fourth-order valence-corrected chi connectivity index (χ4v) is 1.44. The van der Waals surface area contributed by atoms with Gasteiger partial charge in [0.15, 0.2) is 0 Å². The summed E-state index contributed by atoms with van der Waals surface area (Å²) >= 11 is 9.19. The highest BCUT2D eigenvalue weighted by Gasteiger charge is 2.07. The molecule has 0 aromatic carbocycles. The molecule has 1 aromatic rings. The van der Waals surface area contributed by atoms with Gasteiger partial charge in [0, 0.05) is 10.7 Å². The van der Waals surface area contributed by atoms with E-state index in [1.165, 1.54) is 0 Å². The Bertz CT molecular complexity index is 293. The monoisotopic (exact) mass is 263 g/mol. The zero-order valence-corrected chi connectivity index (χ0v) is 9.89. The van der Waals surface area contributed by atoms with E-state index in [9.17, 15) is 0 Å². The lowest BCUT2D eigenvalue weighted by Gasteiger charge is -2.12. The molecule has 1 rings (SSSR count). The van der Waals surface area contributed by atoms with Gasteiger partial charge in [-0.15, -0.1) is 0 Å². The summed E-state index contributed by atoms with van der Waals surface area (Å²) in [5.41, 5.74) is 0. The molecule has 0 amide bonds. The van der Waals surface area contributed by atoms with E-state index in [4.69, 9.17) is 16.3 Å². The molecule has 0 fully saturated rings. The summed E-state index contributed by atoms with van der Waals surface area (Å²) in [4.78, 5) is 4.06. The third kappa shape index (κ3) is 3.16. The summed E-state index contributed by atoms with van der Waals surface area (Å²) in [6.07, 6.45) is 2.75. The average molecular weight is 265 g/mol. The molecule has 13 heavy (non-hydrogen) atoms. The van der Waals surface area contributed by atoms with Crippen molar-refractivity contribution in [3.05, 3.63) is 21.8 Å². The molecule has 0 spiro atoms. The topological polar surface area (TPSA) is 22.1 Å². The van der Waals surface area contributed by atoms with E-state index in [0.717, 1.165) is 10.9 Å². The van der Waals surface area contributed by atoms with Crippen molar-refractivity contribution < 1.29 is 4.74 Å². The maximum Gasteiger partial charge on any atom is 0.232 e. The van der Waals surface area contributed by atoms with Crippen LogP contribution >= 0.6 is 27.5 Å². The second kappa shape index (κ2) is 4.82. The minimum atomic E-state index is 0.145. The molecule has 0 unspecified atom stereocenters. The first kappa shape index (κ1) is 10.8. The minimum Gasteiger partial charge on any atom is -0.474 e. The second-order valence-electron chi connectivity index (χ2n) is 2.78. The van der Waals surface area contributed by atoms with Gasteiger partial charge >= 0.3 is 0 Å². The van der Waals surface area contributed by atoms with E-state index < -0.39 is 0 Å². The van der Waals surface area contributed by atoms with Gasteiger partial charge in [-0.1, -0.05) is 18.5 Å². The standard InChI is InChI=1S/C9H11BrClNO/c1-3-6(2)13-9-8(11)4-7(10)5-12-9/h4-6H,3H2,1-2H3/t6-/m0/s1. The lowest BCUT2D eigenvalue weighted by molar-refractivity contribution is 0.209. The van der Waals surface area contributed by atoms with Crippen molar-refractivity contribution in [2.75, 3.05) is 0 Å². The van der Waals surface area contributed by atoms with Crippen molar-refractivity contribution in [2.24, 2.45) is 0 Å². The zero-order chi connectivity index (χ0) is 9.84. The first-order valence-electron chi connectivity index (χ1n) is 4.11. The van der Waals surface area contributed by atoms with E-state index in [2.05, 4.69) is 27.8 Å². The van der Waals surface area contributed by atoms with Crippen molar-refractivity contribution in [1.29, 1.82) is 0 Å². The Labute approximate surface area is 91.4 Å². The molecule has 4 heteroatoms. The Morgan fingerprint density at radius 1 is 1.69 bits per heavy atom. The maximum atomic E-state index is 5.91. The van der Waals surface area contributed by atoms with E-state index in [1.807, 2.05) is 6.92 Å². The van der Waals surface area contributed by atoms with Crippen LogP contribution in [0.2, 0.25) is 5.02 Å². The summed E-state index contributed by atoms with van der Waals surface area (Å²) in [6.45, 7) is 4.04. The molecule has 1 heterocycles. The van der Waals surface area contributed by atoms with Crippen LogP contribution in [0.5, 0.6) is 5.88 Å². The van der Waals surface area contributed by atoms with Crippen LogP contribution in [0.15, 0.2) is 16.7 Å². The quantitative estimate of drug-likeness (QED) is 0.831. The first-order chi connectivity index (χ1) is 6.13. The molecule has 1 atom stereocenters. The van der Waals surface area contributed by atoms with Gasteiger partial charge in [-0.2, -0.15) is 0 Å². The van der Waals surface area contributed by atoms with Crippen LogP contribution in [-0.4, -0.2) is 11.1 Å². The van der Waals surface area contributed by atoms with Gasteiger partial charge in [0.25, 0.3) is 0 Å². The van der Waals surface area contributed by atoms with Crippen molar-refractivity contribution in [3.8, 4) is 5.88 Å². The van der Waals surface area contributed by atoms with Gasteiger partial charge in [0.05, 0.1) is 6.10 Å². The predicted octanol–water partition coefficient (Wildman–Crippen LogP) is 3.67. The molecule has 0 bridgehead atoms. The predicted molar refractivity (Wildman–Crippen MR) is 57.3 cm³/mol. The Hall–Kier alpha value is -0.280. The molecular weight excluding hydrogens is 253 g/mol. The fraction of sp³-hybridized carbons (Fsp3) is 0.444. The number of rotatable bonds is 3. The Balaban J connectivity index is 2.77. The van der Waals surface area contributed by atoms with Gasteiger partial charge in [-0.3, -0.25) is 0 Å². The van der Waals surface area contributed by atoms with Crippen LogP contribution in [0.25, 0.3) is 0 Å². The summed E-state index contributed by atoms with van der Waals surface area (Å²) in [5, 5.41) is 0.537. The summed E-state index contributed by atoms with van der Waals surface area (Å²) < 4.78 is 6.34. The molecule has 0 saturated carbocycles. The number of nitrogens with zero attached hydrogens (tertiary/aromatic N) is 1. The summed E-state index contributed by atoms with van der Waals surface area (Å²) in [6, 6.07) is 1.77. The van der Waals surface area contributed by atoms with Crippen molar-refractivity contribution in [3.63, 3.8) is 0 Å². The van der Waals surface area contributed by atoms with Crippen molar-refractivity contribution >= 4 is 27.5 Å². The highest BCUT2D eigenvalue weighted by atomic mass is 79.9. The third-order valence-electron chi connectivity index (χ3n) is 1.66. The number of halogens is 2. The number of aromatic nitrogens is 1. The number of pyridine rings is 1. The summed E-state index contributed by atoms with van der Waals surface area (Å²) in [7, 11) is 0. The van der Waals surface area contributed by atoms with Gasteiger partial charge in [-0.05, 0) is 35.3 Å². The Morgan fingerprint density at radius 3 is 2.92 bits per heavy atom. The van der Waals surface area contributed by atoms with Crippen LogP contribution < -0.4 is 4.74 Å². The van der Waals surface area contributed by atoms with Crippen LogP contribution in [0.1, 0.15) is 20.3 Å². The van der Waals surface area contributed by atoms with Gasteiger partial charge in [0.1, 0.15) is 5.02 Å². The molecule has 0 aliphatic heterocycles. The van der Waals surface area contributed by atoms with Crippen LogP contribution in [0.3, 0.4) is 0 Å². The molecule has 1 aromatic heterocycles. The first-order valence-corrected chi connectivity index (χ1v) is 5.28. The van der Waals surface area contributed by atoms with E-state index in [-0.39, 0.29) is 6.10 Å². The highest BCUT2D eigenvalue weighted by molar-refractivity contribution is 9.10. The summed E-state index contributed by atoms with van der Waals surface area (Å²) in [5.74, 6) is 0.499. The van der Waals surface area contributed by atoms with Gasteiger partial charge in [-0.25, -0.2) is 4.98 Å². The number of hydrogen-bond acceptors (Lipinski definition) is 2. The zero-order valence-electron chi connectivity index (χ0n) is 7.55.